The van der Waals surface area contributed by atoms with Crippen molar-refractivity contribution in [3.8, 4) is 11.1 Å². The number of aliphatic hydroxyl groups excluding tert-OH is 1. The van der Waals surface area contributed by atoms with Gasteiger partial charge in [-0.3, -0.25) is 0 Å². The summed E-state index contributed by atoms with van der Waals surface area (Å²) >= 11 is 3.27. The van der Waals surface area contributed by atoms with Gasteiger partial charge >= 0.3 is 6.03 Å². The number of urea groups is 1. The Balaban J connectivity index is 0.965. The highest BCUT2D eigenvalue weighted by atomic mass is 32.2. The van der Waals surface area contributed by atoms with Crippen molar-refractivity contribution in [2.45, 2.75) is 93.9 Å². The first-order valence-corrected chi connectivity index (χ1v) is 19.8. The van der Waals surface area contributed by atoms with Gasteiger partial charge in [0, 0.05) is 29.3 Å². The topological polar surface area (TPSA) is 106 Å². The molecule has 3 N–H and O–H groups in total. The third-order valence-electron chi connectivity index (χ3n) is 11.3. The molecule has 9 rings (SSSR count). The summed E-state index contributed by atoms with van der Waals surface area (Å²) < 4.78 is 14.4. The van der Waals surface area contributed by atoms with Gasteiger partial charge in [-0.1, -0.05) is 90.7 Å². The van der Waals surface area contributed by atoms with Crippen molar-refractivity contribution in [1.29, 1.82) is 0 Å². The van der Waals surface area contributed by atoms with Crippen LogP contribution < -0.4 is 10.6 Å². The Morgan fingerprint density at radius 2 is 1.60 bits per heavy atom. The Bertz CT molecular complexity index is 1780. The molecule has 4 unspecified atom stereocenters. The molecule has 5 fully saturated rings. The van der Waals surface area contributed by atoms with E-state index in [4.69, 9.17) is 9.47 Å². The molecular weight excluding hydrogens is 665 g/mol. The van der Waals surface area contributed by atoms with E-state index in [1.165, 1.54) is 19.3 Å². The lowest BCUT2D eigenvalue weighted by Crippen LogP contribution is -2.61. The zero-order chi connectivity index (χ0) is 34.2. The number of carbonyl (C=O) groups excluding carboxylic acids is 1. The minimum atomic E-state index is -0.562. The fourth-order valence-electron chi connectivity index (χ4n) is 9.26. The van der Waals surface area contributed by atoms with E-state index in [0.717, 1.165) is 85.5 Å². The number of hydrogen-bond acceptors (Lipinski definition) is 8. The van der Waals surface area contributed by atoms with Gasteiger partial charge < -0.3 is 25.2 Å². The summed E-state index contributed by atoms with van der Waals surface area (Å²) in [6, 6.07) is 24.7. The summed E-state index contributed by atoms with van der Waals surface area (Å²) in [4.78, 5) is 13.1. The molecule has 4 bridgehead atoms. The first-order chi connectivity index (χ1) is 24.3. The van der Waals surface area contributed by atoms with E-state index in [-0.39, 0.29) is 36.3 Å². The molecule has 3 aromatic carbocycles. The fourth-order valence-corrected chi connectivity index (χ4v) is 11.3. The predicted octanol–water partition coefficient (Wildman–Crippen LogP) is 8.36. The van der Waals surface area contributed by atoms with E-state index in [9.17, 15) is 9.90 Å². The molecule has 50 heavy (non-hydrogen) atoms. The number of hydrogen-bond donors (Lipinski definition) is 3. The lowest BCUT2D eigenvalue weighted by molar-refractivity contribution is -0.268. The Morgan fingerprint density at radius 1 is 0.900 bits per heavy atom. The van der Waals surface area contributed by atoms with Gasteiger partial charge in [0.25, 0.3) is 0 Å². The molecule has 4 aliphatic carbocycles. The van der Waals surface area contributed by atoms with Crippen LogP contribution >= 0.6 is 23.1 Å². The van der Waals surface area contributed by atoms with Gasteiger partial charge in [-0.2, -0.15) is 0 Å². The minimum Gasteiger partial charge on any atom is -0.392 e. The molecule has 262 valence electrons. The van der Waals surface area contributed by atoms with Crippen LogP contribution in [0.5, 0.6) is 0 Å². The second-order valence-corrected chi connectivity index (χ2v) is 17.5. The van der Waals surface area contributed by atoms with Crippen molar-refractivity contribution < 1.29 is 19.4 Å². The van der Waals surface area contributed by atoms with E-state index >= 15 is 0 Å². The molecule has 1 saturated heterocycles. The Kier molecular flexibility index (Phi) is 9.74. The molecule has 2 amide bonds. The van der Waals surface area contributed by atoms with Crippen molar-refractivity contribution in [3.63, 3.8) is 0 Å². The Morgan fingerprint density at radius 3 is 2.28 bits per heavy atom. The number of thioether (sulfide) groups is 1. The van der Waals surface area contributed by atoms with Crippen molar-refractivity contribution in [2.24, 2.45) is 23.7 Å². The van der Waals surface area contributed by atoms with Gasteiger partial charge in [-0.05, 0) is 103 Å². The maximum Gasteiger partial charge on any atom is 0.315 e. The van der Waals surface area contributed by atoms with Gasteiger partial charge in [0.2, 0.25) is 0 Å². The summed E-state index contributed by atoms with van der Waals surface area (Å²) in [7, 11) is 0. The molecule has 1 aliphatic heterocycles. The van der Waals surface area contributed by atoms with Gasteiger partial charge in [-0.15, -0.1) is 10.2 Å². The van der Waals surface area contributed by atoms with Crippen molar-refractivity contribution in [1.82, 2.24) is 20.8 Å². The van der Waals surface area contributed by atoms with Crippen LogP contribution in [0.25, 0.3) is 11.1 Å². The minimum absolute atomic E-state index is 0.00114. The van der Waals surface area contributed by atoms with Gasteiger partial charge in [0.15, 0.2) is 10.6 Å². The Hall–Kier alpha value is -3.28. The molecule has 4 atom stereocenters. The molecule has 1 aromatic heterocycles. The third-order valence-corrected chi connectivity index (χ3v) is 13.4. The largest absolute Gasteiger partial charge is 0.392 e. The molecular formula is C40H46N4O4S2. The third kappa shape index (κ3) is 7.37. The smallest absolute Gasteiger partial charge is 0.315 e. The summed E-state index contributed by atoms with van der Waals surface area (Å²) in [5.41, 5.74) is 6.08. The number of nitrogens with zero attached hydrogens (tertiary/aromatic N) is 2. The number of nitrogens with one attached hydrogen (secondary N) is 2. The molecule has 2 heterocycles. The number of rotatable bonds is 10. The van der Waals surface area contributed by atoms with E-state index in [1.54, 1.807) is 23.1 Å². The number of carbonyl (C=O) groups is 1. The van der Waals surface area contributed by atoms with Gasteiger partial charge in [0.05, 0.1) is 18.8 Å². The van der Waals surface area contributed by atoms with E-state index in [1.807, 2.05) is 31.2 Å². The molecule has 4 aromatic rings. The maximum atomic E-state index is 13.1. The highest BCUT2D eigenvalue weighted by molar-refractivity contribution is 8.01. The maximum absolute atomic E-state index is 13.1. The number of benzene rings is 3. The average Bonchev–Trinajstić information content (AvgIpc) is 3.54. The summed E-state index contributed by atoms with van der Waals surface area (Å²) in [6.07, 6.45) is 6.67. The average molecular weight is 711 g/mol. The second-order valence-electron chi connectivity index (χ2n) is 15.1. The quantitative estimate of drug-likeness (QED) is 0.142. The summed E-state index contributed by atoms with van der Waals surface area (Å²) in [5.74, 6) is 3.19. The van der Waals surface area contributed by atoms with Crippen molar-refractivity contribution in [3.05, 3.63) is 100 Å². The molecule has 0 radical (unpaired) electrons. The molecule has 0 spiro atoms. The van der Waals surface area contributed by atoms with Crippen LogP contribution in [0, 0.1) is 30.6 Å². The first-order valence-electron chi connectivity index (χ1n) is 18.0. The lowest BCUT2D eigenvalue weighted by atomic mass is 9.53. The van der Waals surface area contributed by atoms with E-state index < -0.39 is 6.29 Å². The highest BCUT2D eigenvalue weighted by Crippen LogP contribution is 2.55. The van der Waals surface area contributed by atoms with Crippen LogP contribution in [0.15, 0.2) is 77.1 Å². The number of aryl methyl sites for hydroxylation is 1. The summed E-state index contributed by atoms with van der Waals surface area (Å²) in [5, 5.41) is 25.6. The molecule has 5 aliphatic rings. The lowest BCUT2D eigenvalue weighted by Gasteiger charge is -2.56. The number of amides is 2. The molecule has 8 nitrogen and oxygen atoms in total. The number of ether oxygens (including phenoxy) is 2. The van der Waals surface area contributed by atoms with Crippen LogP contribution in [0.2, 0.25) is 0 Å². The van der Waals surface area contributed by atoms with E-state index in [2.05, 4.69) is 76.3 Å². The standard InChI is InChI=1S/C40H46N4O4S2/c1-24-35(23-49-39-44-43-25(2)50-39)47-37(48-36(24)31-11-9-26(22-45)10-12-31)34-8-4-7-33(17-34)32-6-3-5-27(16-32)21-41-38(46)42-40-18-28-13-29(19-40)15-30(14-28)20-40/h3-12,16-17,24,28-30,35-37,45H,13-15,18-23H2,1-2H3,(H2,41,42,46). The van der Waals surface area contributed by atoms with Gasteiger partial charge in [0.1, 0.15) is 5.01 Å². The van der Waals surface area contributed by atoms with Crippen molar-refractivity contribution in [2.75, 3.05) is 5.75 Å². The van der Waals surface area contributed by atoms with E-state index in [0.29, 0.717) is 6.54 Å². The van der Waals surface area contributed by atoms with Crippen LogP contribution in [-0.4, -0.2) is 38.7 Å². The number of aliphatic hydroxyl groups is 1. The predicted molar refractivity (Wildman–Crippen MR) is 196 cm³/mol. The Labute approximate surface area is 302 Å². The zero-order valence-electron chi connectivity index (χ0n) is 28.7. The van der Waals surface area contributed by atoms with Crippen LogP contribution in [0.1, 0.15) is 85.1 Å². The second kappa shape index (κ2) is 14.4. The fraction of sp³-hybridized carbons (Fsp3) is 0.475. The number of aromatic nitrogens is 2. The molecule has 4 saturated carbocycles. The zero-order valence-corrected chi connectivity index (χ0v) is 30.3. The van der Waals surface area contributed by atoms with Crippen molar-refractivity contribution >= 4 is 29.1 Å². The van der Waals surface area contributed by atoms with Crippen LogP contribution in [-0.2, 0) is 22.6 Å². The van der Waals surface area contributed by atoms with Crippen LogP contribution in [0.4, 0.5) is 4.79 Å². The monoisotopic (exact) mass is 710 g/mol. The molecule has 10 heteroatoms. The SMILES string of the molecule is Cc1nnc(SCC2OC(c3cccc(-c4cccc(CNC(=O)NC56CC7CC(CC(C7)C5)C6)c4)c3)OC(c3ccc(CO)cc3)C2C)s1. The summed E-state index contributed by atoms with van der Waals surface area (Å²) in [6.45, 7) is 4.63. The highest BCUT2D eigenvalue weighted by Gasteiger charge is 2.51. The normalized spacial score (nSPS) is 29.9. The first kappa shape index (κ1) is 33.8. The van der Waals surface area contributed by atoms with Crippen LogP contribution in [0.3, 0.4) is 0 Å². The van der Waals surface area contributed by atoms with Gasteiger partial charge in [-0.25, -0.2) is 4.79 Å².